The molecule has 122 valence electrons. The number of halogens is 1. The Balaban J connectivity index is 2.43. The van der Waals surface area contributed by atoms with Gasteiger partial charge in [0.05, 0.1) is 11.0 Å². The summed E-state index contributed by atoms with van der Waals surface area (Å²) in [5.74, 6) is -0.791. The third-order valence-electron chi connectivity index (χ3n) is 3.93. The van der Waals surface area contributed by atoms with Gasteiger partial charge in [-0.1, -0.05) is 13.8 Å². The van der Waals surface area contributed by atoms with Crippen molar-refractivity contribution in [2.24, 2.45) is 5.92 Å². The molecule has 0 saturated carbocycles. The Morgan fingerprint density at radius 3 is 2.59 bits per heavy atom. The van der Waals surface area contributed by atoms with Crippen molar-refractivity contribution >= 4 is 5.69 Å². The van der Waals surface area contributed by atoms with Crippen LogP contribution < -0.4 is 5.32 Å². The minimum Gasteiger partial charge on any atom is -0.502 e. The summed E-state index contributed by atoms with van der Waals surface area (Å²) < 4.78 is 13.8. The smallest absolute Gasteiger partial charge is 0.313 e. The molecule has 0 spiro atoms. The molecular formula is C15H22FN3O3. The summed E-state index contributed by atoms with van der Waals surface area (Å²) in [6.07, 6.45) is 0.703. The van der Waals surface area contributed by atoms with E-state index in [0.717, 1.165) is 32.2 Å². The van der Waals surface area contributed by atoms with Gasteiger partial charge in [-0.05, 0) is 18.4 Å². The van der Waals surface area contributed by atoms with Crippen LogP contribution >= 0.6 is 0 Å². The molecule has 1 heterocycles. The van der Waals surface area contributed by atoms with Gasteiger partial charge in [0.2, 0.25) is 0 Å². The van der Waals surface area contributed by atoms with Crippen LogP contribution in [0.5, 0.6) is 5.75 Å². The molecule has 1 fully saturated rings. The van der Waals surface area contributed by atoms with Gasteiger partial charge in [0.1, 0.15) is 5.82 Å². The number of benzene rings is 1. The Morgan fingerprint density at radius 1 is 1.41 bits per heavy atom. The number of aromatic hydroxyl groups is 1. The lowest BCUT2D eigenvalue weighted by Crippen LogP contribution is -2.45. The molecule has 0 aromatic heterocycles. The van der Waals surface area contributed by atoms with Crippen LogP contribution in [-0.4, -0.2) is 41.1 Å². The molecule has 1 atom stereocenters. The molecule has 0 aliphatic carbocycles. The fourth-order valence-electron chi connectivity index (χ4n) is 2.91. The van der Waals surface area contributed by atoms with Crippen molar-refractivity contribution in [1.82, 2.24) is 10.2 Å². The maximum atomic E-state index is 13.8. The summed E-state index contributed by atoms with van der Waals surface area (Å²) in [4.78, 5) is 12.4. The predicted octanol–water partition coefficient (Wildman–Crippen LogP) is 2.43. The first-order valence-corrected chi connectivity index (χ1v) is 7.51. The van der Waals surface area contributed by atoms with E-state index in [2.05, 4.69) is 10.2 Å². The quantitative estimate of drug-likeness (QED) is 0.645. The van der Waals surface area contributed by atoms with Crippen LogP contribution in [0, 0.1) is 21.8 Å². The molecule has 1 saturated heterocycles. The summed E-state index contributed by atoms with van der Waals surface area (Å²) in [5, 5.41) is 24.5. The third-order valence-corrected chi connectivity index (χ3v) is 3.93. The second-order valence-electron chi connectivity index (χ2n) is 6.05. The van der Waals surface area contributed by atoms with Gasteiger partial charge in [-0.15, -0.1) is 0 Å². The normalized spacial score (nSPS) is 17.6. The molecule has 1 aromatic carbocycles. The molecule has 0 unspecified atom stereocenters. The summed E-state index contributed by atoms with van der Waals surface area (Å²) in [6, 6.07) is 1.76. The topological polar surface area (TPSA) is 78.6 Å². The number of phenols is 1. The number of hydrogen-bond donors (Lipinski definition) is 2. The average molecular weight is 311 g/mol. The van der Waals surface area contributed by atoms with E-state index in [1.807, 2.05) is 13.8 Å². The number of nitrogens with zero attached hydrogens (tertiary/aromatic N) is 2. The first-order valence-electron chi connectivity index (χ1n) is 7.51. The van der Waals surface area contributed by atoms with E-state index in [4.69, 9.17) is 0 Å². The van der Waals surface area contributed by atoms with Crippen molar-refractivity contribution in [1.29, 1.82) is 0 Å². The molecular weight excluding hydrogens is 289 g/mol. The molecule has 6 nitrogen and oxygen atoms in total. The van der Waals surface area contributed by atoms with Gasteiger partial charge in [0.25, 0.3) is 0 Å². The van der Waals surface area contributed by atoms with Gasteiger partial charge in [-0.2, -0.15) is 0 Å². The van der Waals surface area contributed by atoms with Crippen molar-refractivity contribution in [3.8, 4) is 5.75 Å². The van der Waals surface area contributed by atoms with Gasteiger partial charge in [0, 0.05) is 37.8 Å². The molecule has 1 aliphatic rings. The maximum absolute atomic E-state index is 13.8. The average Bonchev–Trinajstić information content (AvgIpc) is 2.47. The van der Waals surface area contributed by atoms with E-state index in [1.54, 1.807) is 0 Å². The number of nitro groups is 1. The first kappa shape index (κ1) is 16.6. The number of nitrogens with one attached hydrogen (secondary N) is 1. The maximum Gasteiger partial charge on any atom is 0.313 e. The van der Waals surface area contributed by atoms with E-state index in [1.165, 1.54) is 6.07 Å². The number of nitro benzene ring substituents is 1. The minimum atomic E-state index is -0.744. The second-order valence-corrected chi connectivity index (χ2v) is 6.05. The summed E-state index contributed by atoms with van der Waals surface area (Å²) in [5.41, 5.74) is -0.263. The molecule has 2 N–H and O–H groups in total. The van der Waals surface area contributed by atoms with Crippen LogP contribution in [0.15, 0.2) is 12.1 Å². The highest BCUT2D eigenvalue weighted by Gasteiger charge is 2.29. The van der Waals surface area contributed by atoms with E-state index < -0.39 is 22.2 Å². The lowest BCUT2D eigenvalue weighted by atomic mass is 9.93. The van der Waals surface area contributed by atoms with Crippen molar-refractivity contribution in [3.63, 3.8) is 0 Å². The zero-order chi connectivity index (χ0) is 16.3. The van der Waals surface area contributed by atoms with Crippen LogP contribution in [-0.2, 0) is 0 Å². The molecule has 1 aromatic rings. The van der Waals surface area contributed by atoms with Gasteiger partial charge in [0.15, 0.2) is 5.75 Å². The Morgan fingerprint density at radius 2 is 2.05 bits per heavy atom. The number of hydrogen-bond acceptors (Lipinski definition) is 5. The molecule has 0 radical (unpaired) electrons. The van der Waals surface area contributed by atoms with Crippen LogP contribution in [0.4, 0.5) is 10.1 Å². The summed E-state index contributed by atoms with van der Waals surface area (Å²) in [6.45, 7) is 7.24. The first-order chi connectivity index (χ1) is 10.4. The van der Waals surface area contributed by atoms with Crippen LogP contribution in [0.2, 0.25) is 0 Å². The SMILES string of the molecule is CC(C)C[C@@H](c1cc(F)cc([N+](=O)[O-])c1O)N1CCNCC1. The third kappa shape index (κ3) is 3.72. The Labute approximate surface area is 129 Å². The molecule has 0 amide bonds. The van der Waals surface area contributed by atoms with Gasteiger partial charge < -0.3 is 10.4 Å². The Hall–Kier alpha value is -1.73. The van der Waals surface area contributed by atoms with Gasteiger partial charge >= 0.3 is 5.69 Å². The number of piperazine rings is 1. The summed E-state index contributed by atoms with van der Waals surface area (Å²) >= 11 is 0. The van der Waals surface area contributed by atoms with E-state index in [9.17, 15) is 19.6 Å². The highest BCUT2D eigenvalue weighted by molar-refractivity contribution is 5.52. The van der Waals surface area contributed by atoms with Crippen LogP contribution in [0.1, 0.15) is 31.9 Å². The molecule has 7 heteroatoms. The van der Waals surface area contributed by atoms with Crippen molar-refractivity contribution in [2.45, 2.75) is 26.3 Å². The highest BCUT2D eigenvalue weighted by atomic mass is 19.1. The van der Waals surface area contributed by atoms with Crippen molar-refractivity contribution < 1.29 is 14.4 Å². The molecule has 0 bridgehead atoms. The number of rotatable bonds is 5. The second kappa shape index (κ2) is 7.02. The molecule has 22 heavy (non-hydrogen) atoms. The predicted molar refractivity (Wildman–Crippen MR) is 81.4 cm³/mol. The molecule has 2 rings (SSSR count). The molecule has 1 aliphatic heterocycles. The lowest BCUT2D eigenvalue weighted by Gasteiger charge is -2.36. The standard InChI is InChI=1S/C15H22FN3O3/c1-10(2)7-13(18-5-3-17-4-6-18)12-8-11(16)9-14(15(12)20)19(21)22/h8-10,13,17,20H,3-7H2,1-2H3/t13-/m0/s1. The van der Waals surface area contributed by atoms with Gasteiger partial charge in [-0.3, -0.25) is 15.0 Å². The fraction of sp³-hybridized carbons (Fsp3) is 0.600. The van der Waals surface area contributed by atoms with Crippen LogP contribution in [0.25, 0.3) is 0 Å². The Bertz CT molecular complexity index is 545. The largest absolute Gasteiger partial charge is 0.502 e. The van der Waals surface area contributed by atoms with Crippen LogP contribution in [0.3, 0.4) is 0 Å². The zero-order valence-corrected chi connectivity index (χ0v) is 12.9. The highest BCUT2D eigenvalue weighted by Crippen LogP contribution is 2.39. The van der Waals surface area contributed by atoms with Crippen molar-refractivity contribution in [2.75, 3.05) is 26.2 Å². The van der Waals surface area contributed by atoms with Crippen molar-refractivity contribution in [3.05, 3.63) is 33.6 Å². The Kier molecular flexibility index (Phi) is 5.31. The lowest BCUT2D eigenvalue weighted by molar-refractivity contribution is -0.386. The van der Waals surface area contributed by atoms with Gasteiger partial charge in [-0.25, -0.2) is 4.39 Å². The minimum absolute atomic E-state index is 0.225. The van der Waals surface area contributed by atoms with E-state index >= 15 is 0 Å². The monoisotopic (exact) mass is 311 g/mol. The number of phenolic OH excluding ortho intramolecular Hbond substituents is 1. The summed E-state index contributed by atoms with van der Waals surface area (Å²) in [7, 11) is 0. The fourth-order valence-corrected chi connectivity index (χ4v) is 2.91. The van der Waals surface area contributed by atoms with E-state index in [-0.39, 0.29) is 6.04 Å². The zero-order valence-electron chi connectivity index (χ0n) is 12.9. The van der Waals surface area contributed by atoms with E-state index in [0.29, 0.717) is 17.9 Å².